The first kappa shape index (κ1) is 15.4. The van der Waals surface area contributed by atoms with Crippen LogP contribution in [0.5, 0.6) is 11.5 Å². The maximum atomic E-state index is 11.9. The second-order valence-electron chi connectivity index (χ2n) is 4.61. The van der Waals surface area contributed by atoms with Crippen molar-refractivity contribution in [3.63, 3.8) is 0 Å². The summed E-state index contributed by atoms with van der Waals surface area (Å²) in [6.07, 6.45) is 1.95. The fourth-order valence-electron chi connectivity index (χ4n) is 1.75. The molecule has 1 aromatic carbocycles. The van der Waals surface area contributed by atoms with Crippen LogP contribution >= 0.6 is 11.6 Å². The molecule has 1 amide bonds. The average Bonchev–Trinajstić information content (AvgIpc) is 3.27. The maximum Gasteiger partial charge on any atom is 0.338 e. The van der Waals surface area contributed by atoms with E-state index in [1.165, 1.54) is 26.4 Å². The summed E-state index contributed by atoms with van der Waals surface area (Å²) >= 11 is 6.01. The lowest BCUT2D eigenvalue weighted by Gasteiger charge is -2.11. The van der Waals surface area contributed by atoms with E-state index in [0.717, 1.165) is 12.8 Å². The fraction of sp³-hybridized carbons (Fsp3) is 0.429. The number of benzene rings is 1. The number of ether oxygens (including phenoxy) is 3. The molecule has 1 fully saturated rings. The highest BCUT2D eigenvalue weighted by molar-refractivity contribution is 6.32. The predicted molar refractivity (Wildman–Crippen MR) is 76.0 cm³/mol. The highest BCUT2D eigenvalue weighted by Gasteiger charge is 2.24. The van der Waals surface area contributed by atoms with E-state index in [2.05, 4.69) is 5.32 Å². The van der Waals surface area contributed by atoms with Gasteiger partial charge in [-0.3, -0.25) is 4.79 Å². The molecule has 1 N–H and O–H groups in total. The number of halogens is 1. The van der Waals surface area contributed by atoms with Crippen molar-refractivity contribution in [3.05, 3.63) is 22.7 Å². The maximum absolute atomic E-state index is 11.9. The van der Waals surface area contributed by atoms with Crippen LogP contribution in [0, 0.1) is 0 Å². The summed E-state index contributed by atoms with van der Waals surface area (Å²) in [5, 5.41) is 2.95. The smallest absolute Gasteiger partial charge is 0.338 e. The molecule has 1 aliphatic carbocycles. The van der Waals surface area contributed by atoms with Crippen molar-refractivity contribution in [2.75, 3.05) is 20.8 Å². The van der Waals surface area contributed by atoms with E-state index in [0.29, 0.717) is 11.5 Å². The highest BCUT2D eigenvalue weighted by Crippen LogP contribution is 2.36. The summed E-state index contributed by atoms with van der Waals surface area (Å²) in [5.41, 5.74) is 0.192. The Morgan fingerprint density at radius 1 is 1.29 bits per heavy atom. The van der Waals surface area contributed by atoms with E-state index in [1.807, 2.05) is 0 Å². The number of carbonyl (C=O) groups is 2. The molecule has 0 unspecified atom stereocenters. The predicted octanol–water partition coefficient (Wildman–Crippen LogP) is 1.79. The molecule has 21 heavy (non-hydrogen) atoms. The molecule has 0 saturated heterocycles. The third kappa shape index (κ3) is 4.01. The van der Waals surface area contributed by atoms with Crippen LogP contribution in [0.15, 0.2) is 12.1 Å². The van der Waals surface area contributed by atoms with Gasteiger partial charge in [0.25, 0.3) is 5.91 Å². The molecule has 1 aromatic rings. The number of amides is 1. The minimum Gasteiger partial charge on any atom is -0.493 e. The third-order valence-corrected chi connectivity index (χ3v) is 3.23. The van der Waals surface area contributed by atoms with Gasteiger partial charge in [-0.2, -0.15) is 0 Å². The Kier molecular flexibility index (Phi) is 4.90. The van der Waals surface area contributed by atoms with Crippen molar-refractivity contribution in [3.8, 4) is 11.5 Å². The zero-order valence-electron chi connectivity index (χ0n) is 11.8. The summed E-state index contributed by atoms with van der Waals surface area (Å²) in [7, 11) is 2.89. The summed E-state index contributed by atoms with van der Waals surface area (Å²) in [6, 6.07) is 3.09. The van der Waals surface area contributed by atoms with Crippen molar-refractivity contribution in [2.45, 2.75) is 18.9 Å². The molecule has 0 spiro atoms. The standard InChI is InChI=1S/C14H16ClNO5/c1-19-11-6-8(5-10(15)13(11)20-2)14(18)21-7-12(17)16-9-3-4-9/h5-6,9H,3-4,7H2,1-2H3,(H,16,17). The van der Waals surface area contributed by atoms with Crippen molar-refractivity contribution >= 4 is 23.5 Å². The molecule has 6 nitrogen and oxygen atoms in total. The van der Waals surface area contributed by atoms with Crippen LogP contribution in [0.2, 0.25) is 5.02 Å². The van der Waals surface area contributed by atoms with Gasteiger partial charge in [-0.25, -0.2) is 4.79 Å². The zero-order chi connectivity index (χ0) is 15.4. The van der Waals surface area contributed by atoms with Crippen LogP contribution < -0.4 is 14.8 Å². The van der Waals surface area contributed by atoms with Gasteiger partial charge in [0, 0.05) is 6.04 Å². The van der Waals surface area contributed by atoms with Crippen LogP contribution in [0.1, 0.15) is 23.2 Å². The largest absolute Gasteiger partial charge is 0.493 e. The number of hydrogen-bond donors (Lipinski definition) is 1. The van der Waals surface area contributed by atoms with Gasteiger partial charge in [0.05, 0.1) is 24.8 Å². The molecule has 0 atom stereocenters. The van der Waals surface area contributed by atoms with Crippen LogP contribution in [0.4, 0.5) is 0 Å². The molecule has 7 heteroatoms. The lowest BCUT2D eigenvalue weighted by Crippen LogP contribution is -2.30. The van der Waals surface area contributed by atoms with Gasteiger partial charge < -0.3 is 19.5 Å². The van der Waals surface area contributed by atoms with Crippen molar-refractivity contribution < 1.29 is 23.8 Å². The summed E-state index contributed by atoms with van der Waals surface area (Å²) in [5.74, 6) is -0.303. The van der Waals surface area contributed by atoms with Crippen LogP contribution in [-0.2, 0) is 9.53 Å². The molecule has 0 heterocycles. The Balaban J connectivity index is 2.01. The minimum atomic E-state index is -0.649. The Labute approximate surface area is 127 Å². The molecule has 0 bridgehead atoms. The number of esters is 1. The van der Waals surface area contributed by atoms with Gasteiger partial charge in [0.1, 0.15) is 0 Å². The third-order valence-electron chi connectivity index (χ3n) is 2.95. The lowest BCUT2D eigenvalue weighted by atomic mass is 10.2. The number of carbonyl (C=O) groups excluding carboxylic acids is 2. The summed E-state index contributed by atoms with van der Waals surface area (Å²) in [4.78, 5) is 23.4. The second-order valence-corrected chi connectivity index (χ2v) is 5.02. The SMILES string of the molecule is COc1cc(C(=O)OCC(=O)NC2CC2)cc(Cl)c1OC. The Bertz CT molecular complexity index is 557. The first-order chi connectivity index (χ1) is 10.0. The van der Waals surface area contributed by atoms with E-state index in [9.17, 15) is 9.59 Å². The van der Waals surface area contributed by atoms with Crippen LogP contribution in [-0.4, -0.2) is 38.7 Å². The summed E-state index contributed by atoms with van der Waals surface area (Å²) in [6.45, 7) is -0.318. The second kappa shape index (κ2) is 6.67. The van der Waals surface area contributed by atoms with E-state index < -0.39 is 5.97 Å². The van der Waals surface area contributed by atoms with Crippen LogP contribution in [0.3, 0.4) is 0 Å². The lowest BCUT2D eigenvalue weighted by molar-refractivity contribution is -0.124. The van der Waals surface area contributed by atoms with Crippen molar-refractivity contribution in [2.24, 2.45) is 0 Å². The van der Waals surface area contributed by atoms with E-state index in [4.69, 9.17) is 25.8 Å². The molecule has 0 radical (unpaired) electrons. The van der Waals surface area contributed by atoms with Gasteiger partial charge in [-0.1, -0.05) is 11.6 Å². The zero-order valence-corrected chi connectivity index (χ0v) is 12.5. The molecule has 1 aliphatic rings. The quantitative estimate of drug-likeness (QED) is 0.811. The number of hydrogen-bond acceptors (Lipinski definition) is 5. The molecule has 114 valence electrons. The molecule has 2 rings (SSSR count). The Hall–Kier alpha value is -1.95. The van der Waals surface area contributed by atoms with Crippen molar-refractivity contribution in [1.29, 1.82) is 0 Å². The number of nitrogens with one attached hydrogen (secondary N) is 1. The minimum absolute atomic E-state index is 0.192. The first-order valence-corrected chi connectivity index (χ1v) is 6.81. The van der Waals surface area contributed by atoms with Crippen LogP contribution in [0.25, 0.3) is 0 Å². The van der Waals surface area contributed by atoms with Gasteiger partial charge in [0.15, 0.2) is 18.1 Å². The van der Waals surface area contributed by atoms with Gasteiger partial charge in [-0.15, -0.1) is 0 Å². The van der Waals surface area contributed by atoms with Crippen molar-refractivity contribution in [1.82, 2.24) is 5.32 Å². The van der Waals surface area contributed by atoms with E-state index in [-0.39, 0.29) is 29.1 Å². The number of methoxy groups -OCH3 is 2. The fourth-order valence-corrected chi connectivity index (χ4v) is 2.04. The highest BCUT2D eigenvalue weighted by atomic mass is 35.5. The number of rotatable bonds is 6. The first-order valence-electron chi connectivity index (χ1n) is 6.43. The molecular weight excluding hydrogens is 298 g/mol. The molecular formula is C14H16ClNO5. The van der Waals surface area contributed by atoms with Gasteiger partial charge >= 0.3 is 5.97 Å². The summed E-state index contributed by atoms with van der Waals surface area (Å²) < 4.78 is 15.1. The van der Waals surface area contributed by atoms with E-state index in [1.54, 1.807) is 0 Å². The Morgan fingerprint density at radius 2 is 2.00 bits per heavy atom. The van der Waals surface area contributed by atoms with Gasteiger partial charge in [0.2, 0.25) is 0 Å². The van der Waals surface area contributed by atoms with Gasteiger partial charge in [-0.05, 0) is 25.0 Å². The Morgan fingerprint density at radius 3 is 2.57 bits per heavy atom. The topological polar surface area (TPSA) is 73.9 Å². The molecule has 0 aliphatic heterocycles. The monoisotopic (exact) mass is 313 g/mol. The normalized spacial score (nSPS) is 13.5. The molecule has 0 aromatic heterocycles. The average molecular weight is 314 g/mol. The molecule has 1 saturated carbocycles. The van der Waals surface area contributed by atoms with E-state index >= 15 is 0 Å².